The summed E-state index contributed by atoms with van der Waals surface area (Å²) < 4.78 is 0. The molecule has 0 aromatic carbocycles. The van der Waals surface area contributed by atoms with E-state index in [1.165, 1.54) is 43.4 Å². The Morgan fingerprint density at radius 1 is 1.38 bits per heavy atom. The molecule has 6 heteroatoms. The third-order valence-corrected chi connectivity index (χ3v) is 5.88. The van der Waals surface area contributed by atoms with Crippen LogP contribution < -0.4 is 16.4 Å². The maximum atomic E-state index is 12.2. The molecule has 4 N–H and O–H groups in total. The van der Waals surface area contributed by atoms with Gasteiger partial charge in [0.1, 0.15) is 9.88 Å². The second-order valence-corrected chi connectivity index (χ2v) is 7.28. The van der Waals surface area contributed by atoms with Gasteiger partial charge in [-0.05, 0) is 25.5 Å². The summed E-state index contributed by atoms with van der Waals surface area (Å²) in [7, 11) is 0. The Morgan fingerprint density at radius 3 is 2.71 bits per heavy atom. The lowest BCUT2D eigenvalue weighted by atomic mass is 9.96. The largest absolute Gasteiger partial charge is 0.396 e. The molecule has 0 spiro atoms. The Hall–Kier alpha value is -0.880. The van der Waals surface area contributed by atoms with Crippen LogP contribution in [0.5, 0.6) is 0 Å². The molecule has 0 bridgehead atoms. The predicted octanol–water partition coefficient (Wildman–Crippen LogP) is 3.94. The molecule has 21 heavy (non-hydrogen) atoms. The minimum Gasteiger partial charge on any atom is -0.396 e. The summed E-state index contributed by atoms with van der Waals surface area (Å²) in [6, 6.07) is 0.522. The first-order valence-electron chi connectivity index (χ1n) is 7.68. The van der Waals surface area contributed by atoms with Gasteiger partial charge >= 0.3 is 0 Å². The van der Waals surface area contributed by atoms with Crippen LogP contribution in [0.25, 0.3) is 0 Å². The molecule has 1 aromatic rings. The average Bonchev–Trinajstić information content (AvgIpc) is 2.81. The highest BCUT2D eigenvalue weighted by molar-refractivity contribution is 7.99. The van der Waals surface area contributed by atoms with E-state index in [0.717, 1.165) is 16.3 Å². The number of carbonyl (C=O) groups is 1. The Labute approximate surface area is 135 Å². The number of thiophene rings is 1. The van der Waals surface area contributed by atoms with Crippen LogP contribution in [0.2, 0.25) is 0 Å². The Bertz CT molecular complexity index is 482. The Kier molecular flexibility index (Phi) is 6.23. The third-order valence-electron chi connectivity index (χ3n) is 3.79. The van der Waals surface area contributed by atoms with Crippen LogP contribution in [-0.2, 0) is 0 Å². The van der Waals surface area contributed by atoms with Crippen LogP contribution in [0.15, 0.2) is 4.90 Å². The fourth-order valence-electron chi connectivity index (χ4n) is 2.65. The fraction of sp³-hybridized carbons (Fsp3) is 0.667. The van der Waals surface area contributed by atoms with Gasteiger partial charge in [0.25, 0.3) is 5.91 Å². The minimum atomic E-state index is -0.0497. The molecule has 0 saturated heterocycles. The van der Waals surface area contributed by atoms with Gasteiger partial charge < -0.3 is 16.4 Å². The third kappa shape index (κ3) is 4.07. The van der Waals surface area contributed by atoms with Gasteiger partial charge in [-0.2, -0.15) is 0 Å². The summed E-state index contributed by atoms with van der Waals surface area (Å²) in [5.74, 6) is -0.0497. The van der Waals surface area contributed by atoms with Crippen LogP contribution >= 0.6 is 23.1 Å². The maximum Gasteiger partial charge on any atom is 0.263 e. The molecule has 0 unspecified atom stereocenters. The molecule has 1 amide bonds. The van der Waals surface area contributed by atoms with Gasteiger partial charge in [-0.3, -0.25) is 4.79 Å². The first-order valence-corrected chi connectivity index (χ1v) is 9.72. The summed E-state index contributed by atoms with van der Waals surface area (Å²) in [5.41, 5.74) is 6.81. The molecule has 0 atom stereocenters. The van der Waals surface area contributed by atoms with Crippen LogP contribution in [0, 0.1) is 0 Å². The number of nitrogens with one attached hydrogen (secondary N) is 2. The van der Waals surface area contributed by atoms with Crippen LogP contribution in [0.1, 0.15) is 55.1 Å². The molecule has 118 valence electrons. The second-order valence-electron chi connectivity index (χ2n) is 5.44. The molecule has 1 aromatic heterocycles. The monoisotopic (exact) mass is 327 g/mol. The number of rotatable bonds is 6. The van der Waals surface area contributed by atoms with Gasteiger partial charge in [0, 0.05) is 12.6 Å². The number of thioether (sulfide) groups is 1. The minimum absolute atomic E-state index is 0.0497. The maximum absolute atomic E-state index is 12.2. The predicted molar refractivity (Wildman–Crippen MR) is 93.6 cm³/mol. The molecule has 1 aliphatic carbocycles. The van der Waals surface area contributed by atoms with Crippen molar-refractivity contribution in [3.05, 3.63) is 4.88 Å². The lowest BCUT2D eigenvalue weighted by Crippen LogP contribution is -2.23. The summed E-state index contributed by atoms with van der Waals surface area (Å²) in [6.07, 6.45) is 9.28. The van der Waals surface area contributed by atoms with E-state index in [1.807, 2.05) is 13.2 Å². The number of nitrogen functional groups attached to an aromatic ring is 1. The highest BCUT2D eigenvalue weighted by Gasteiger charge is 2.22. The molecule has 1 fully saturated rings. The first-order chi connectivity index (χ1) is 10.2. The molecule has 2 rings (SSSR count). The van der Waals surface area contributed by atoms with Crippen molar-refractivity contribution in [3.8, 4) is 0 Å². The Morgan fingerprint density at radius 2 is 2.10 bits per heavy atom. The number of nitrogens with two attached hydrogens (primary N) is 1. The van der Waals surface area contributed by atoms with E-state index in [9.17, 15) is 4.79 Å². The highest BCUT2D eigenvalue weighted by Crippen LogP contribution is 2.42. The van der Waals surface area contributed by atoms with Crippen molar-refractivity contribution in [1.29, 1.82) is 0 Å². The van der Waals surface area contributed by atoms with E-state index in [4.69, 9.17) is 5.73 Å². The normalized spacial score (nSPS) is 15.9. The number of carbonyl (C=O) groups excluding carboxylic acids is 1. The molecule has 1 aliphatic rings. The van der Waals surface area contributed by atoms with Gasteiger partial charge in [0.2, 0.25) is 0 Å². The summed E-state index contributed by atoms with van der Waals surface area (Å²) in [5, 5.41) is 7.59. The quantitative estimate of drug-likeness (QED) is 0.692. The molecular formula is C15H25N3OS2. The van der Waals surface area contributed by atoms with Crippen LogP contribution in [0.3, 0.4) is 0 Å². The zero-order valence-corrected chi connectivity index (χ0v) is 14.5. The summed E-state index contributed by atoms with van der Waals surface area (Å²) in [4.78, 5) is 13.8. The van der Waals surface area contributed by atoms with Gasteiger partial charge in [0.15, 0.2) is 0 Å². The summed E-state index contributed by atoms with van der Waals surface area (Å²) >= 11 is 3.11. The number of anilines is 2. The zero-order chi connectivity index (χ0) is 15.2. The average molecular weight is 328 g/mol. The van der Waals surface area contributed by atoms with Gasteiger partial charge in [-0.1, -0.05) is 26.2 Å². The molecule has 0 radical (unpaired) electrons. The lowest BCUT2D eigenvalue weighted by molar-refractivity contribution is 0.0958. The van der Waals surface area contributed by atoms with E-state index in [1.54, 1.807) is 11.8 Å². The van der Waals surface area contributed by atoms with E-state index >= 15 is 0 Å². The smallest absolute Gasteiger partial charge is 0.263 e. The molecule has 1 saturated carbocycles. The standard InChI is InChI=1S/C15H25N3OS2/c1-3-9-17-14(19)12-11(16)13(20-2)15(21-12)18-10-7-5-4-6-8-10/h10,18H,3-9,16H2,1-2H3,(H,17,19). The number of hydrogen-bond donors (Lipinski definition) is 3. The van der Waals surface area contributed by atoms with E-state index in [0.29, 0.717) is 23.2 Å². The van der Waals surface area contributed by atoms with Crippen molar-refractivity contribution in [2.75, 3.05) is 23.9 Å². The molecule has 4 nitrogen and oxygen atoms in total. The fourth-order valence-corrected chi connectivity index (χ4v) is 4.66. The SMILES string of the molecule is CCCNC(=O)c1sc(NC2CCCCC2)c(SC)c1N. The highest BCUT2D eigenvalue weighted by atomic mass is 32.2. The zero-order valence-electron chi connectivity index (χ0n) is 12.8. The topological polar surface area (TPSA) is 67.2 Å². The molecule has 0 aliphatic heterocycles. The molecular weight excluding hydrogens is 302 g/mol. The summed E-state index contributed by atoms with van der Waals surface area (Å²) in [6.45, 7) is 2.73. The lowest BCUT2D eigenvalue weighted by Gasteiger charge is -2.23. The first kappa shape index (κ1) is 16.5. The van der Waals surface area contributed by atoms with Crippen LogP contribution in [-0.4, -0.2) is 24.7 Å². The van der Waals surface area contributed by atoms with Crippen molar-refractivity contribution in [1.82, 2.24) is 5.32 Å². The van der Waals surface area contributed by atoms with Crippen LogP contribution in [0.4, 0.5) is 10.7 Å². The van der Waals surface area contributed by atoms with Crippen molar-refractivity contribution >= 4 is 39.7 Å². The van der Waals surface area contributed by atoms with Gasteiger partial charge in [-0.25, -0.2) is 0 Å². The van der Waals surface area contributed by atoms with Gasteiger partial charge in [0.05, 0.1) is 10.6 Å². The number of amides is 1. The van der Waals surface area contributed by atoms with Crippen molar-refractivity contribution in [2.45, 2.75) is 56.4 Å². The number of hydrogen-bond acceptors (Lipinski definition) is 5. The van der Waals surface area contributed by atoms with E-state index < -0.39 is 0 Å². The molecule has 1 heterocycles. The van der Waals surface area contributed by atoms with Gasteiger partial charge in [-0.15, -0.1) is 23.1 Å². The van der Waals surface area contributed by atoms with Crippen molar-refractivity contribution < 1.29 is 4.79 Å². The second kappa shape index (κ2) is 7.94. The van der Waals surface area contributed by atoms with Crippen molar-refractivity contribution in [2.24, 2.45) is 0 Å². The van der Waals surface area contributed by atoms with Crippen molar-refractivity contribution in [3.63, 3.8) is 0 Å². The van der Waals surface area contributed by atoms with E-state index in [2.05, 4.69) is 10.6 Å². The Balaban J connectivity index is 2.14. The van der Waals surface area contributed by atoms with E-state index in [-0.39, 0.29) is 5.91 Å².